The molecule has 1 aromatic carbocycles. The van der Waals surface area contributed by atoms with Gasteiger partial charge in [0.15, 0.2) is 12.4 Å². The average molecular weight is 409 g/mol. The Labute approximate surface area is 163 Å². The molecule has 2 aromatic rings. The number of hydrogen-bond donors (Lipinski definition) is 0. The van der Waals surface area contributed by atoms with Gasteiger partial charge in [-0.05, 0) is 38.1 Å². The highest BCUT2D eigenvalue weighted by atomic mass is 32.2. The van der Waals surface area contributed by atoms with Crippen LogP contribution in [0, 0.1) is 13.8 Å². The minimum absolute atomic E-state index is 0.107. The van der Waals surface area contributed by atoms with Crippen molar-refractivity contribution in [1.82, 2.24) is 14.4 Å². The summed E-state index contributed by atoms with van der Waals surface area (Å²) in [4.78, 5) is 14.1. The van der Waals surface area contributed by atoms with Gasteiger partial charge in [0.2, 0.25) is 10.0 Å². The first-order chi connectivity index (χ1) is 13.3. The number of carbonyl (C=O) groups is 1. The first-order valence-electron chi connectivity index (χ1n) is 8.80. The number of rotatable bonds is 6. The second-order valence-electron chi connectivity index (χ2n) is 6.40. The van der Waals surface area contributed by atoms with E-state index in [1.165, 1.54) is 4.31 Å². The Morgan fingerprint density at radius 2 is 1.71 bits per heavy atom. The van der Waals surface area contributed by atoms with E-state index in [0.717, 1.165) is 0 Å². The Morgan fingerprint density at radius 1 is 1.11 bits per heavy atom. The monoisotopic (exact) mass is 409 g/mol. The maximum absolute atomic E-state index is 12.8. The fourth-order valence-electron chi connectivity index (χ4n) is 3.06. The molecule has 1 fully saturated rings. The van der Waals surface area contributed by atoms with Gasteiger partial charge in [0.25, 0.3) is 5.91 Å². The van der Waals surface area contributed by atoms with Gasteiger partial charge in [0.05, 0.1) is 7.11 Å². The lowest BCUT2D eigenvalue weighted by Gasteiger charge is -2.33. The lowest BCUT2D eigenvalue weighted by atomic mass is 10.3. The lowest BCUT2D eigenvalue weighted by Crippen LogP contribution is -2.51. The molecule has 10 heteroatoms. The zero-order valence-corrected chi connectivity index (χ0v) is 16.9. The number of amides is 1. The van der Waals surface area contributed by atoms with E-state index < -0.39 is 10.0 Å². The zero-order valence-electron chi connectivity index (χ0n) is 16.0. The van der Waals surface area contributed by atoms with Gasteiger partial charge in [-0.15, -0.1) is 0 Å². The topological polar surface area (TPSA) is 102 Å². The van der Waals surface area contributed by atoms with Gasteiger partial charge in [-0.1, -0.05) is 5.16 Å². The SMILES string of the molecule is COc1ccc(OCC(=O)N2CCN(S(=O)(=O)c3c(C)noc3C)CC2)cc1. The maximum Gasteiger partial charge on any atom is 0.260 e. The highest BCUT2D eigenvalue weighted by molar-refractivity contribution is 7.89. The molecule has 0 bridgehead atoms. The summed E-state index contributed by atoms with van der Waals surface area (Å²) in [7, 11) is -2.12. The quantitative estimate of drug-likeness (QED) is 0.707. The van der Waals surface area contributed by atoms with Gasteiger partial charge < -0.3 is 18.9 Å². The number of methoxy groups -OCH3 is 1. The second kappa shape index (κ2) is 8.19. The van der Waals surface area contributed by atoms with Crippen molar-refractivity contribution in [2.75, 3.05) is 39.9 Å². The van der Waals surface area contributed by atoms with Crippen LogP contribution in [0.25, 0.3) is 0 Å². The largest absolute Gasteiger partial charge is 0.497 e. The van der Waals surface area contributed by atoms with Gasteiger partial charge in [-0.25, -0.2) is 8.42 Å². The summed E-state index contributed by atoms with van der Waals surface area (Å²) in [6, 6.07) is 6.94. The van der Waals surface area contributed by atoms with Gasteiger partial charge in [0, 0.05) is 26.2 Å². The molecule has 1 aliphatic rings. The van der Waals surface area contributed by atoms with Crippen LogP contribution < -0.4 is 9.47 Å². The molecule has 1 aromatic heterocycles. The predicted molar refractivity (Wildman–Crippen MR) is 99.8 cm³/mol. The zero-order chi connectivity index (χ0) is 20.3. The number of aromatic nitrogens is 1. The highest BCUT2D eigenvalue weighted by Crippen LogP contribution is 2.24. The minimum atomic E-state index is -3.70. The molecule has 1 amide bonds. The van der Waals surface area contributed by atoms with Crippen molar-refractivity contribution >= 4 is 15.9 Å². The number of ether oxygens (including phenoxy) is 2. The summed E-state index contributed by atoms with van der Waals surface area (Å²) in [5, 5.41) is 3.71. The number of sulfonamides is 1. The number of aryl methyl sites for hydroxylation is 2. The summed E-state index contributed by atoms with van der Waals surface area (Å²) in [5.74, 6) is 1.34. The third-order valence-electron chi connectivity index (χ3n) is 4.58. The third-order valence-corrected chi connectivity index (χ3v) is 6.72. The van der Waals surface area contributed by atoms with Crippen LogP contribution in [0.15, 0.2) is 33.7 Å². The van der Waals surface area contributed by atoms with Crippen LogP contribution in [-0.2, 0) is 14.8 Å². The van der Waals surface area contributed by atoms with Gasteiger partial charge >= 0.3 is 0 Å². The van der Waals surface area contributed by atoms with Crippen molar-refractivity contribution in [2.24, 2.45) is 0 Å². The Hall–Kier alpha value is -2.59. The Balaban J connectivity index is 1.55. The molecule has 9 nitrogen and oxygen atoms in total. The van der Waals surface area contributed by atoms with E-state index in [2.05, 4.69) is 5.16 Å². The molecule has 0 atom stereocenters. The molecule has 0 radical (unpaired) electrons. The van der Waals surface area contributed by atoms with Crippen molar-refractivity contribution < 1.29 is 27.2 Å². The molecule has 1 aliphatic heterocycles. The standard InChI is InChI=1S/C18H23N3O6S/c1-13-18(14(2)27-19-13)28(23,24)21-10-8-20(9-11-21)17(22)12-26-16-6-4-15(25-3)5-7-16/h4-7H,8-12H2,1-3H3. The fourth-order valence-corrected chi connectivity index (χ4v) is 4.77. The van der Waals surface area contributed by atoms with E-state index in [4.69, 9.17) is 14.0 Å². The van der Waals surface area contributed by atoms with E-state index in [-0.39, 0.29) is 36.3 Å². The van der Waals surface area contributed by atoms with Crippen LogP contribution in [-0.4, -0.2) is 68.6 Å². The number of hydrogen-bond acceptors (Lipinski definition) is 7. The van der Waals surface area contributed by atoms with Crippen molar-refractivity contribution in [1.29, 1.82) is 0 Å². The summed E-state index contributed by atoms with van der Waals surface area (Å²) < 4.78 is 42.5. The smallest absolute Gasteiger partial charge is 0.260 e. The molecule has 1 saturated heterocycles. The van der Waals surface area contributed by atoms with E-state index in [1.54, 1.807) is 50.1 Å². The Kier molecular flexibility index (Phi) is 5.90. The highest BCUT2D eigenvalue weighted by Gasteiger charge is 2.34. The van der Waals surface area contributed by atoms with Gasteiger partial charge in [-0.3, -0.25) is 4.79 Å². The summed E-state index contributed by atoms with van der Waals surface area (Å²) in [6.07, 6.45) is 0. The average Bonchev–Trinajstić information content (AvgIpc) is 3.05. The normalized spacial score (nSPS) is 15.5. The fraction of sp³-hybridized carbons (Fsp3) is 0.444. The molecule has 28 heavy (non-hydrogen) atoms. The Bertz CT molecular complexity index is 911. The first kappa shape index (κ1) is 20.2. The van der Waals surface area contributed by atoms with Crippen molar-refractivity contribution in [3.05, 3.63) is 35.7 Å². The third kappa shape index (κ3) is 4.12. The summed E-state index contributed by atoms with van der Waals surface area (Å²) >= 11 is 0. The number of carbonyl (C=O) groups excluding carboxylic acids is 1. The van der Waals surface area contributed by atoms with E-state index in [0.29, 0.717) is 30.3 Å². The van der Waals surface area contributed by atoms with Gasteiger partial charge in [-0.2, -0.15) is 4.31 Å². The molecule has 152 valence electrons. The van der Waals surface area contributed by atoms with Crippen molar-refractivity contribution in [3.63, 3.8) is 0 Å². The van der Waals surface area contributed by atoms with Crippen LogP contribution in [0.2, 0.25) is 0 Å². The molecular weight excluding hydrogens is 386 g/mol. The second-order valence-corrected chi connectivity index (χ2v) is 8.28. The summed E-state index contributed by atoms with van der Waals surface area (Å²) in [6.45, 7) is 4.08. The molecule has 3 rings (SSSR count). The van der Waals surface area contributed by atoms with Gasteiger partial charge in [0.1, 0.15) is 22.1 Å². The minimum Gasteiger partial charge on any atom is -0.497 e. The maximum atomic E-state index is 12.8. The molecule has 0 N–H and O–H groups in total. The number of nitrogens with zero attached hydrogens (tertiary/aromatic N) is 3. The van der Waals surface area contributed by atoms with Crippen molar-refractivity contribution in [2.45, 2.75) is 18.7 Å². The van der Waals surface area contributed by atoms with E-state index >= 15 is 0 Å². The van der Waals surface area contributed by atoms with E-state index in [1.807, 2.05) is 0 Å². The van der Waals surface area contributed by atoms with Crippen LogP contribution in [0.1, 0.15) is 11.5 Å². The number of piperazine rings is 1. The van der Waals surface area contributed by atoms with Crippen LogP contribution >= 0.6 is 0 Å². The number of benzene rings is 1. The molecule has 0 aliphatic carbocycles. The summed E-state index contributed by atoms with van der Waals surface area (Å²) in [5.41, 5.74) is 0.337. The van der Waals surface area contributed by atoms with Crippen LogP contribution in [0.4, 0.5) is 0 Å². The molecule has 0 spiro atoms. The van der Waals surface area contributed by atoms with Crippen LogP contribution in [0.5, 0.6) is 11.5 Å². The lowest BCUT2D eigenvalue weighted by molar-refractivity contribution is -0.134. The molecular formula is C18H23N3O6S. The predicted octanol–water partition coefficient (Wildman–Crippen LogP) is 1.21. The molecule has 0 unspecified atom stereocenters. The first-order valence-corrected chi connectivity index (χ1v) is 10.2. The molecule has 2 heterocycles. The Morgan fingerprint density at radius 3 is 2.25 bits per heavy atom. The van der Waals surface area contributed by atoms with Crippen LogP contribution in [0.3, 0.4) is 0 Å². The molecule has 0 saturated carbocycles. The van der Waals surface area contributed by atoms with E-state index in [9.17, 15) is 13.2 Å². The van der Waals surface area contributed by atoms with Crippen molar-refractivity contribution in [3.8, 4) is 11.5 Å².